The maximum absolute atomic E-state index is 10.9. The molecule has 0 aromatic rings. The van der Waals surface area contributed by atoms with Gasteiger partial charge in [-0.3, -0.25) is 4.79 Å². The highest BCUT2D eigenvalue weighted by molar-refractivity contribution is 7.80. The smallest absolute Gasteiger partial charge is 0.323 e. The zero-order valence-corrected chi connectivity index (χ0v) is 8.17. The summed E-state index contributed by atoms with van der Waals surface area (Å²) in [7, 11) is 1.32. The Labute approximate surface area is 82.1 Å². The fourth-order valence-electron chi connectivity index (χ4n) is 1.03. The van der Waals surface area contributed by atoms with Crippen LogP contribution in [0.15, 0.2) is 11.9 Å². The van der Waals surface area contributed by atoms with Crippen LogP contribution in [0.25, 0.3) is 0 Å². The van der Waals surface area contributed by atoms with Gasteiger partial charge in [-0.1, -0.05) is 0 Å². The predicted molar refractivity (Wildman–Crippen MR) is 51.7 cm³/mol. The molecular formula is C7H13N3O2S. The molecule has 0 radical (unpaired) electrons. The number of nitrogens with two attached hydrogens (primary N) is 1. The van der Waals surface area contributed by atoms with E-state index < -0.39 is 12.0 Å². The minimum atomic E-state index is -0.621. The Bertz CT molecular complexity index is 232. The summed E-state index contributed by atoms with van der Waals surface area (Å²) in [5, 5.41) is 5.91. The number of ether oxygens (including phenoxy) is 1. The molecule has 0 unspecified atom stereocenters. The van der Waals surface area contributed by atoms with Crippen LogP contribution in [0.2, 0.25) is 0 Å². The van der Waals surface area contributed by atoms with Crippen LogP contribution < -0.4 is 16.4 Å². The number of carbonyl (C=O) groups excluding carboxylic acids is 1. The molecule has 1 aliphatic heterocycles. The first kappa shape index (κ1) is 10.2. The molecule has 2 atom stereocenters. The zero-order valence-electron chi connectivity index (χ0n) is 7.28. The Morgan fingerprint density at radius 2 is 2.62 bits per heavy atom. The summed E-state index contributed by atoms with van der Waals surface area (Å²) < 4.78 is 4.49. The van der Waals surface area contributed by atoms with Crippen LogP contribution in [-0.4, -0.2) is 24.6 Å². The van der Waals surface area contributed by atoms with E-state index in [9.17, 15) is 4.79 Å². The number of thiol groups is 1. The van der Waals surface area contributed by atoms with Crippen LogP contribution in [0.1, 0.15) is 6.42 Å². The molecule has 74 valence electrons. The molecule has 0 spiro atoms. The van der Waals surface area contributed by atoms with Crippen molar-refractivity contribution in [3.05, 3.63) is 11.9 Å². The predicted octanol–water partition coefficient (Wildman–Crippen LogP) is -0.876. The first-order valence-corrected chi connectivity index (χ1v) is 4.38. The standard InChI is InChI=1S/C7H13N3O2S/c1-12-6(11)5(8)2-4-3-9-7(13)10-4/h3,5,7,9-10,13H,2,8H2,1H3/t5-,7-/m0/s1. The number of hydrogen-bond acceptors (Lipinski definition) is 6. The van der Waals surface area contributed by atoms with Crippen molar-refractivity contribution >= 4 is 18.6 Å². The molecule has 0 amide bonds. The van der Waals surface area contributed by atoms with Crippen molar-refractivity contribution in [1.29, 1.82) is 0 Å². The van der Waals surface area contributed by atoms with E-state index >= 15 is 0 Å². The molecule has 4 N–H and O–H groups in total. The summed E-state index contributed by atoms with van der Waals surface area (Å²) in [5.74, 6) is -0.412. The molecule has 0 saturated heterocycles. The monoisotopic (exact) mass is 203 g/mol. The third kappa shape index (κ3) is 2.82. The second kappa shape index (κ2) is 4.38. The van der Waals surface area contributed by atoms with Crippen LogP contribution in [0, 0.1) is 0 Å². The summed E-state index contributed by atoms with van der Waals surface area (Å²) in [4.78, 5) is 10.9. The fourth-order valence-corrected chi connectivity index (χ4v) is 1.27. The van der Waals surface area contributed by atoms with Crippen molar-refractivity contribution < 1.29 is 9.53 Å². The second-order valence-electron chi connectivity index (χ2n) is 2.72. The number of rotatable bonds is 3. The van der Waals surface area contributed by atoms with E-state index in [1.807, 2.05) is 0 Å². The van der Waals surface area contributed by atoms with Crippen molar-refractivity contribution in [2.45, 2.75) is 18.0 Å². The van der Waals surface area contributed by atoms with E-state index in [1.54, 1.807) is 6.20 Å². The van der Waals surface area contributed by atoms with E-state index in [0.29, 0.717) is 6.42 Å². The largest absolute Gasteiger partial charge is 0.468 e. The topological polar surface area (TPSA) is 76.4 Å². The Balaban J connectivity index is 2.37. The highest BCUT2D eigenvalue weighted by Crippen LogP contribution is 2.07. The normalized spacial score (nSPS) is 22.7. The number of esters is 1. The van der Waals surface area contributed by atoms with Gasteiger partial charge >= 0.3 is 5.97 Å². The lowest BCUT2D eigenvalue weighted by Crippen LogP contribution is -2.34. The lowest BCUT2D eigenvalue weighted by Gasteiger charge is -2.11. The Morgan fingerprint density at radius 1 is 1.92 bits per heavy atom. The summed E-state index contributed by atoms with van der Waals surface area (Å²) in [6.07, 6.45) is 2.18. The van der Waals surface area contributed by atoms with Gasteiger partial charge in [-0.05, 0) is 0 Å². The summed E-state index contributed by atoms with van der Waals surface area (Å²) >= 11 is 4.12. The van der Waals surface area contributed by atoms with Crippen LogP contribution in [0.5, 0.6) is 0 Å². The van der Waals surface area contributed by atoms with Gasteiger partial charge in [-0.25, -0.2) is 0 Å². The zero-order chi connectivity index (χ0) is 9.84. The Kier molecular flexibility index (Phi) is 3.44. The highest BCUT2D eigenvalue weighted by Gasteiger charge is 2.18. The van der Waals surface area contributed by atoms with Crippen LogP contribution >= 0.6 is 12.6 Å². The first-order chi connectivity index (χ1) is 6.13. The van der Waals surface area contributed by atoms with Gasteiger partial charge < -0.3 is 21.1 Å². The van der Waals surface area contributed by atoms with Crippen molar-refractivity contribution in [3.63, 3.8) is 0 Å². The van der Waals surface area contributed by atoms with Crippen LogP contribution in [0.3, 0.4) is 0 Å². The number of methoxy groups -OCH3 is 1. The quantitative estimate of drug-likeness (QED) is 0.354. The Hall–Kier alpha value is -0.880. The summed E-state index contributed by atoms with van der Waals surface area (Å²) in [6.45, 7) is 0. The summed E-state index contributed by atoms with van der Waals surface area (Å²) in [5.41, 5.74) is 6.31. The minimum absolute atomic E-state index is 0.0974. The van der Waals surface area contributed by atoms with Gasteiger partial charge in [0.2, 0.25) is 0 Å². The maximum Gasteiger partial charge on any atom is 0.323 e. The molecule has 6 heteroatoms. The van der Waals surface area contributed by atoms with E-state index in [0.717, 1.165) is 5.70 Å². The molecule has 0 aromatic heterocycles. The molecule has 0 aliphatic carbocycles. The van der Waals surface area contributed by atoms with Gasteiger partial charge in [-0.15, -0.1) is 12.6 Å². The molecular weight excluding hydrogens is 190 g/mol. The third-order valence-corrected chi connectivity index (χ3v) is 1.96. The molecule has 0 bridgehead atoms. The SMILES string of the molecule is COC(=O)[C@@H](N)CC1=CN[C@H](S)N1. The van der Waals surface area contributed by atoms with Gasteiger partial charge in [0, 0.05) is 18.3 Å². The van der Waals surface area contributed by atoms with Crippen LogP contribution in [-0.2, 0) is 9.53 Å². The lowest BCUT2D eigenvalue weighted by molar-refractivity contribution is -0.142. The number of hydrogen-bond donors (Lipinski definition) is 4. The average molecular weight is 203 g/mol. The second-order valence-corrected chi connectivity index (χ2v) is 3.23. The first-order valence-electron chi connectivity index (χ1n) is 3.86. The van der Waals surface area contributed by atoms with Crippen molar-refractivity contribution in [3.8, 4) is 0 Å². The molecule has 0 fully saturated rings. The van der Waals surface area contributed by atoms with Gasteiger partial charge in [0.25, 0.3) is 0 Å². The van der Waals surface area contributed by atoms with Crippen molar-refractivity contribution in [1.82, 2.24) is 10.6 Å². The third-order valence-electron chi connectivity index (χ3n) is 1.68. The highest BCUT2D eigenvalue weighted by atomic mass is 32.1. The van der Waals surface area contributed by atoms with Crippen LogP contribution in [0.4, 0.5) is 0 Å². The van der Waals surface area contributed by atoms with Crippen molar-refractivity contribution in [2.75, 3.05) is 7.11 Å². The van der Waals surface area contributed by atoms with Gasteiger partial charge in [0.15, 0.2) is 0 Å². The number of nitrogens with one attached hydrogen (secondary N) is 2. The molecule has 5 nitrogen and oxygen atoms in total. The minimum Gasteiger partial charge on any atom is -0.468 e. The molecule has 1 rings (SSSR count). The van der Waals surface area contributed by atoms with Crippen molar-refractivity contribution in [2.24, 2.45) is 5.73 Å². The number of carbonyl (C=O) groups is 1. The van der Waals surface area contributed by atoms with E-state index in [4.69, 9.17) is 5.73 Å². The summed E-state index contributed by atoms with van der Waals surface area (Å²) in [6, 6.07) is -0.621. The molecule has 0 saturated carbocycles. The molecule has 13 heavy (non-hydrogen) atoms. The molecule has 1 aliphatic rings. The van der Waals surface area contributed by atoms with E-state index in [1.165, 1.54) is 7.11 Å². The fraction of sp³-hybridized carbons (Fsp3) is 0.571. The lowest BCUT2D eigenvalue weighted by atomic mass is 10.2. The van der Waals surface area contributed by atoms with Gasteiger partial charge in [0.1, 0.15) is 11.5 Å². The molecule has 0 aromatic carbocycles. The van der Waals surface area contributed by atoms with E-state index in [2.05, 4.69) is 28.0 Å². The maximum atomic E-state index is 10.9. The van der Waals surface area contributed by atoms with E-state index in [-0.39, 0.29) is 5.50 Å². The Morgan fingerprint density at radius 3 is 3.08 bits per heavy atom. The van der Waals surface area contributed by atoms with Gasteiger partial charge in [-0.2, -0.15) is 0 Å². The average Bonchev–Trinajstić information content (AvgIpc) is 2.49. The van der Waals surface area contributed by atoms with Gasteiger partial charge in [0.05, 0.1) is 7.11 Å². The molecule has 1 heterocycles.